The summed E-state index contributed by atoms with van der Waals surface area (Å²) in [6.45, 7) is 2.41. The van der Waals surface area contributed by atoms with E-state index in [-0.39, 0.29) is 5.41 Å². The van der Waals surface area contributed by atoms with Crippen molar-refractivity contribution >= 4 is 32.4 Å². The van der Waals surface area contributed by atoms with Crippen molar-refractivity contribution in [2.24, 2.45) is 0 Å². The maximum absolute atomic E-state index is 5.38. The molecule has 1 atom stereocenters. The topological polar surface area (TPSA) is 25.8 Å². The van der Waals surface area contributed by atoms with E-state index in [0.29, 0.717) is 0 Å². The van der Waals surface area contributed by atoms with Gasteiger partial charge in [-0.15, -0.1) is 0 Å². The van der Waals surface area contributed by atoms with E-state index in [1.165, 1.54) is 49.7 Å². The van der Waals surface area contributed by atoms with Crippen molar-refractivity contribution in [3.05, 3.63) is 193 Å². The summed E-state index contributed by atoms with van der Waals surface area (Å²) in [5.41, 5.74) is 12.8. The minimum atomic E-state index is -0.337. The van der Waals surface area contributed by atoms with Gasteiger partial charge in [0.15, 0.2) is 5.82 Å². The highest BCUT2D eigenvalue weighted by Crippen LogP contribution is 2.57. The van der Waals surface area contributed by atoms with Gasteiger partial charge in [0.1, 0.15) is 0 Å². The smallest absolute Gasteiger partial charge is 0.161 e. The minimum Gasteiger partial charge on any atom is -0.228 e. The van der Waals surface area contributed by atoms with Gasteiger partial charge in [-0.05, 0) is 73.5 Å². The second-order valence-electron chi connectivity index (χ2n) is 13.4. The van der Waals surface area contributed by atoms with E-state index in [9.17, 15) is 0 Å². The Morgan fingerprint density at radius 2 is 0.920 bits per heavy atom. The molecule has 0 radical (unpaired) electrons. The highest BCUT2D eigenvalue weighted by Gasteiger charge is 2.42. The van der Waals surface area contributed by atoms with Crippen LogP contribution >= 0.6 is 0 Å². The van der Waals surface area contributed by atoms with Crippen LogP contribution in [0.4, 0.5) is 0 Å². The van der Waals surface area contributed by atoms with Crippen LogP contribution in [0, 0.1) is 0 Å². The zero-order valence-electron chi connectivity index (χ0n) is 27.6. The van der Waals surface area contributed by atoms with Crippen LogP contribution in [0.5, 0.6) is 0 Å². The second kappa shape index (κ2) is 11.1. The van der Waals surface area contributed by atoms with Crippen LogP contribution in [0.15, 0.2) is 176 Å². The Hall–Kier alpha value is -6.38. The van der Waals surface area contributed by atoms with Crippen molar-refractivity contribution in [1.82, 2.24) is 9.97 Å². The normalized spacial score (nSPS) is 15.0. The summed E-state index contributed by atoms with van der Waals surface area (Å²) in [5.74, 6) is 0.737. The van der Waals surface area contributed by atoms with E-state index >= 15 is 0 Å². The van der Waals surface area contributed by atoms with Crippen molar-refractivity contribution in [3.8, 4) is 44.9 Å². The zero-order chi connectivity index (χ0) is 33.2. The molecule has 1 aromatic heterocycles. The molecule has 0 bridgehead atoms. The number of benzene rings is 8. The first kappa shape index (κ1) is 28.6. The number of hydrogen-bond acceptors (Lipinski definition) is 2. The SMILES string of the molecule is CC1(c2ccccc2)c2ccccc2-c2cccc(-c3c4ccccc4c(-c4nc(-c5ccccc5)c5ccccc5n4)c4ccccc34)c21. The number of aromatic nitrogens is 2. The van der Waals surface area contributed by atoms with Gasteiger partial charge < -0.3 is 0 Å². The van der Waals surface area contributed by atoms with E-state index in [0.717, 1.165) is 44.3 Å². The molecule has 0 saturated carbocycles. The molecule has 8 aromatic carbocycles. The van der Waals surface area contributed by atoms with Crippen molar-refractivity contribution in [1.29, 1.82) is 0 Å². The van der Waals surface area contributed by atoms with Gasteiger partial charge >= 0.3 is 0 Å². The van der Waals surface area contributed by atoms with Crippen LogP contribution in [0.25, 0.3) is 77.3 Å². The maximum Gasteiger partial charge on any atom is 0.161 e. The Labute approximate surface area is 291 Å². The van der Waals surface area contributed by atoms with Crippen LogP contribution in [0.3, 0.4) is 0 Å². The summed E-state index contributed by atoms with van der Waals surface area (Å²) in [6, 6.07) is 63.3. The molecule has 1 unspecified atom stereocenters. The number of hydrogen-bond donors (Lipinski definition) is 0. The van der Waals surface area contributed by atoms with Crippen molar-refractivity contribution in [3.63, 3.8) is 0 Å². The van der Waals surface area contributed by atoms with Gasteiger partial charge in [-0.25, -0.2) is 9.97 Å². The Balaban J connectivity index is 1.32. The van der Waals surface area contributed by atoms with Gasteiger partial charge in [0.2, 0.25) is 0 Å². The lowest BCUT2D eigenvalue weighted by molar-refractivity contribution is 0.716. The van der Waals surface area contributed by atoms with Crippen LogP contribution in [-0.2, 0) is 5.41 Å². The van der Waals surface area contributed by atoms with E-state index in [2.05, 4.69) is 183 Å². The Morgan fingerprint density at radius 1 is 0.400 bits per heavy atom. The van der Waals surface area contributed by atoms with Gasteiger partial charge in [0, 0.05) is 21.9 Å². The lowest BCUT2D eigenvalue weighted by atomic mass is 9.71. The number of nitrogens with zero attached hydrogens (tertiary/aromatic N) is 2. The van der Waals surface area contributed by atoms with Crippen LogP contribution < -0.4 is 0 Å². The summed E-state index contributed by atoms with van der Waals surface area (Å²) in [4.78, 5) is 10.7. The predicted molar refractivity (Wildman–Crippen MR) is 208 cm³/mol. The average molecular weight is 637 g/mol. The van der Waals surface area contributed by atoms with E-state index < -0.39 is 0 Å². The van der Waals surface area contributed by atoms with E-state index in [1.807, 2.05) is 0 Å². The van der Waals surface area contributed by atoms with Gasteiger partial charge in [-0.1, -0.05) is 170 Å². The Kier molecular flexibility index (Phi) is 6.34. The number of para-hydroxylation sites is 1. The molecule has 2 nitrogen and oxygen atoms in total. The minimum absolute atomic E-state index is 0.337. The molecule has 0 N–H and O–H groups in total. The molecule has 0 fully saturated rings. The fourth-order valence-corrected chi connectivity index (χ4v) is 8.55. The molecule has 2 heteroatoms. The van der Waals surface area contributed by atoms with Crippen LogP contribution in [0.1, 0.15) is 23.6 Å². The molecular formula is C48H32N2. The van der Waals surface area contributed by atoms with Crippen molar-refractivity contribution < 1.29 is 0 Å². The van der Waals surface area contributed by atoms with Gasteiger partial charge in [-0.2, -0.15) is 0 Å². The Bertz CT molecular complexity index is 2710. The summed E-state index contributed by atoms with van der Waals surface area (Å²) >= 11 is 0. The van der Waals surface area contributed by atoms with Gasteiger partial charge in [0.05, 0.1) is 11.2 Å². The average Bonchev–Trinajstić information content (AvgIpc) is 3.46. The van der Waals surface area contributed by atoms with E-state index in [4.69, 9.17) is 9.97 Å². The fourth-order valence-electron chi connectivity index (χ4n) is 8.55. The molecule has 1 aliphatic carbocycles. The van der Waals surface area contributed by atoms with Crippen molar-refractivity contribution in [2.75, 3.05) is 0 Å². The fraction of sp³-hybridized carbons (Fsp3) is 0.0417. The highest BCUT2D eigenvalue weighted by molar-refractivity contribution is 6.21. The largest absolute Gasteiger partial charge is 0.228 e. The maximum atomic E-state index is 5.38. The molecule has 10 rings (SSSR count). The van der Waals surface area contributed by atoms with Crippen LogP contribution in [-0.4, -0.2) is 9.97 Å². The third-order valence-electron chi connectivity index (χ3n) is 10.7. The third-order valence-corrected chi connectivity index (χ3v) is 10.7. The summed E-state index contributed by atoms with van der Waals surface area (Å²) < 4.78 is 0. The van der Waals surface area contributed by atoms with Crippen molar-refractivity contribution in [2.45, 2.75) is 12.3 Å². The first-order chi connectivity index (χ1) is 24.7. The summed E-state index contributed by atoms with van der Waals surface area (Å²) in [6.07, 6.45) is 0. The van der Waals surface area contributed by atoms with Gasteiger partial charge in [0.25, 0.3) is 0 Å². The second-order valence-corrected chi connectivity index (χ2v) is 13.4. The summed E-state index contributed by atoms with van der Waals surface area (Å²) in [7, 11) is 0. The summed E-state index contributed by atoms with van der Waals surface area (Å²) in [5, 5.41) is 5.72. The quantitative estimate of drug-likeness (QED) is 0.180. The molecule has 9 aromatic rings. The van der Waals surface area contributed by atoms with Gasteiger partial charge in [-0.3, -0.25) is 0 Å². The van der Waals surface area contributed by atoms with Crippen LogP contribution in [0.2, 0.25) is 0 Å². The first-order valence-corrected chi connectivity index (χ1v) is 17.3. The number of rotatable bonds is 4. The zero-order valence-corrected chi connectivity index (χ0v) is 27.6. The molecule has 1 aliphatic rings. The molecule has 0 amide bonds. The molecular weight excluding hydrogens is 605 g/mol. The number of fused-ring (bicyclic) bond motifs is 6. The van der Waals surface area contributed by atoms with E-state index in [1.54, 1.807) is 0 Å². The molecule has 0 aliphatic heterocycles. The standard InChI is InChI=1S/C48H32N2/c1-48(32-19-6-3-7-20-32)41-29-14-12-21-33(41)38-27-16-28-40(45(38)48)43-34-22-8-10-24-36(34)44(37-25-11-9-23-35(37)43)47-49-42-30-15-13-26-39(42)46(50-47)31-17-4-2-5-18-31/h2-30H,1H3. The molecule has 0 saturated heterocycles. The molecule has 234 valence electrons. The molecule has 0 spiro atoms. The first-order valence-electron chi connectivity index (χ1n) is 17.3. The lowest BCUT2D eigenvalue weighted by Gasteiger charge is -2.31. The molecule has 50 heavy (non-hydrogen) atoms. The lowest BCUT2D eigenvalue weighted by Crippen LogP contribution is -2.23. The molecule has 1 heterocycles. The third kappa shape index (κ3) is 4.09. The Morgan fingerprint density at radius 3 is 1.62 bits per heavy atom. The monoisotopic (exact) mass is 636 g/mol. The highest BCUT2D eigenvalue weighted by atomic mass is 14.9. The predicted octanol–water partition coefficient (Wildman–Crippen LogP) is 12.3.